The van der Waals surface area contributed by atoms with Crippen molar-refractivity contribution in [3.63, 3.8) is 0 Å². The number of halogens is 1. The molecule has 0 aromatic heterocycles. The van der Waals surface area contributed by atoms with Crippen molar-refractivity contribution >= 4 is 22.6 Å². The number of hydrogen-bond donors (Lipinski definition) is 0. The molecule has 0 aliphatic heterocycles. The average Bonchev–Trinajstić information content (AvgIpc) is 2.04. The van der Waals surface area contributed by atoms with E-state index in [1.54, 1.807) is 0 Å². The molecule has 2 atom stereocenters. The van der Waals surface area contributed by atoms with Gasteiger partial charge in [0.15, 0.2) is 0 Å². The van der Waals surface area contributed by atoms with E-state index < -0.39 is 0 Å². The molecule has 1 aliphatic carbocycles. The summed E-state index contributed by atoms with van der Waals surface area (Å²) in [5, 5.41) is 0. The number of ether oxygens (including phenoxy) is 1. The molecule has 2 unspecified atom stereocenters. The molecule has 1 fully saturated rings. The van der Waals surface area contributed by atoms with Crippen LogP contribution in [-0.4, -0.2) is 17.1 Å². The summed E-state index contributed by atoms with van der Waals surface area (Å²) in [7, 11) is 1.86. The summed E-state index contributed by atoms with van der Waals surface area (Å²) in [5.41, 5.74) is 0.220. The zero-order valence-electron chi connectivity index (χ0n) is 7.40. The Bertz CT molecular complexity index is 121. The van der Waals surface area contributed by atoms with Crippen molar-refractivity contribution in [1.29, 1.82) is 0 Å². The van der Waals surface area contributed by atoms with Gasteiger partial charge in [-0.15, -0.1) is 0 Å². The van der Waals surface area contributed by atoms with Gasteiger partial charge in [0, 0.05) is 11.5 Å². The molecule has 1 nitrogen and oxygen atoms in total. The lowest BCUT2D eigenvalue weighted by Crippen LogP contribution is -2.38. The largest absolute Gasteiger partial charge is 0.377 e. The zero-order valence-corrected chi connectivity index (χ0v) is 9.56. The maximum atomic E-state index is 5.59. The van der Waals surface area contributed by atoms with Crippen molar-refractivity contribution in [2.24, 2.45) is 5.92 Å². The Kier molecular flexibility index (Phi) is 3.62. The van der Waals surface area contributed by atoms with Gasteiger partial charge in [-0.1, -0.05) is 42.4 Å². The molecule has 66 valence electrons. The van der Waals surface area contributed by atoms with Crippen LogP contribution in [0.2, 0.25) is 0 Å². The van der Waals surface area contributed by atoms with E-state index >= 15 is 0 Å². The maximum Gasteiger partial charge on any atom is 0.0770 e. The lowest BCUT2D eigenvalue weighted by atomic mass is 9.80. The number of hydrogen-bond acceptors (Lipinski definition) is 1. The predicted molar refractivity (Wildman–Crippen MR) is 56.3 cm³/mol. The first-order chi connectivity index (χ1) is 5.22. The summed E-state index contributed by atoms with van der Waals surface area (Å²) in [6.07, 6.45) is 5.25. The lowest BCUT2D eigenvalue weighted by molar-refractivity contribution is -0.0305. The van der Waals surface area contributed by atoms with Gasteiger partial charge in [-0.3, -0.25) is 0 Å². The molecule has 1 rings (SSSR count). The molecular formula is C9H17IO. The van der Waals surface area contributed by atoms with E-state index in [1.165, 1.54) is 25.7 Å². The van der Waals surface area contributed by atoms with Crippen LogP contribution in [-0.2, 0) is 4.74 Å². The standard InChI is InChI=1S/C9H17IO/c1-8-4-3-5-9(6-8,7-10)11-2/h8H,3-7H2,1-2H3. The molecule has 0 radical (unpaired) electrons. The Hall–Kier alpha value is 0.690. The molecule has 0 aromatic rings. The Labute approximate surface area is 83.0 Å². The third-order valence-corrected chi connectivity index (χ3v) is 4.12. The normalized spacial score (nSPS) is 39.0. The van der Waals surface area contributed by atoms with Crippen LogP contribution in [0, 0.1) is 5.92 Å². The summed E-state index contributed by atoms with van der Waals surface area (Å²) in [4.78, 5) is 0. The molecule has 0 amide bonds. The van der Waals surface area contributed by atoms with Gasteiger partial charge in [0.25, 0.3) is 0 Å². The van der Waals surface area contributed by atoms with Crippen molar-refractivity contribution in [3.05, 3.63) is 0 Å². The summed E-state index contributed by atoms with van der Waals surface area (Å²) in [6.45, 7) is 2.33. The minimum absolute atomic E-state index is 0.220. The second kappa shape index (κ2) is 4.08. The Balaban J connectivity index is 2.52. The third-order valence-electron chi connectivity index (χ3n) is 2.73. The van der Waals surface area contributed by atoms with Crippen molar-refractivity contribution in [3.8, 4) is 0 Å². The molecule has 0 bridgehead atoms. The highest BCUT2D eigenvalue weighted by Crippen LogP contribution is 2.35. The molecular weight excluding hydrogens is 251 g/mol. The van der Waals surface area contributed by atoms with Crippen molar-refractivity contribution in [2.45, 2.75) is 38.2 Å². The molecule has 0 aromatic carbocycles. The van der Waals surface area contributed by atoms with E-state index in [9.17, 15) is 0 Å². The minimum atomic E-state index is 0.220. The van der Waals surface area contributed by atoms with E-state index in [4.69, 9.17) is 4.74 Å². The van der Waals surface area contributed by atoms with Gasteiger partial charge < -0.3 is 4.74 Å². The van der Waals surface area contributed by atoms with Crippen molar-refractivity contribution in [1.82, 2.24) is 0 Å². The van der Waals surface area contributed by atoms with Crippen molar-refractivity contribution in [2.75, 3.05) is 11.5 Å². The second-order valence-electron chi connectivity index (χ2n) is 3.72. The second-order valence-corrected chi connectivity index (χ2v) is 4.49. The van der Waals surface area contributed by atoms with Crippen LogP contribution in [0.3, 0.4) is 0 Å². The molecule has 1 aliphatic rings. The highest BCUT2D eigenvalue weighted by Gasteiger charge is 2.33. The Morgan fingerprint density at radius 3 is 2.73 bits per heavy atom. The highest BCUT2D eigenvalue weighted by atomic mass is 127. The molecule has 1 saturated carbocycles. The first-order valence-electron chi connectivity index (χ1n) is 4.33. The van der Waals surface area contributed by atoms with E-state index in [2.05, 4.69) is 29.5 Å². The van der Waals surface area contributed by atoms with E-state index in [1.807, 2.05) is 7.11 Å². The third kappa shape index (κ3) is 2.31. The number of rotatable bonds is 2. The van der Waals surface area contributed by atoms with Crippen LogP contribution in [0.25, 0.3) is 0 Å². The maximum absolute atomic E-state index is 5.59. The SMILES string of the molecule is COC1(CI)CCCC(C)C1. The van der Waals surface area contributed by atoms with Gasteiger partial charge in [-0.2, -0.15) is 0 Å². The molecule has 11 heavy (non-hydrogen) atoms. The van der Waals surface area contributed by atoms with Crippen LogP contribution < -0.4 is 0 Å². The van der Waals surface area contributed by atoms with E-state index in [0.717, 1.165) is 10.3 Å². The number of alkyl halides is 1. The lowest BCUT2D eigenvalue weighted by Gasteiger charge is -2.37. The van der Waals surface area contributed by atoms with Crippen LogP contribution in [0.15, 0.2) is 0 Å². The van der Waals surface area contributed by atoms with Crippen LogP contribution >= 0.6 is 22.6 Å². The average molecular weight is 268 g/mol. The van der Waals surface area contributed by atoms with Crippen LogP contribution in [0.5, 0.6) is 0 Å². The first kappa shape index (κ1) is 9.78. The summed E-state index contributed by atoms with van der Waals surface area (Å²) >= 11 is 2.44. The molecule has 0 saturated heterocycles. The van der Waals surface area contributed by atoms with Gasteiger partial charge >= 0.3 is 0 Å². The van der Waals surface area contributed by atoms with Gasteiger partial charge in [0.1, 0.15) is 0 Å². The zero-order chi connectivity index (χ0) is 8.32. The smallest absolute Gasteiger partial charge is 0.0770 e. The molecule has 0 N–H and O–H groups in total. The fourth-order valence-electron chi connectivity index (χ4n) is 1.97. The summed E-state index contributed by atoms with van der Waals surface area (Å²) in [6, 6.07) is 0. The Morgan fingerprint density at radius 2 is 2.36 bits per heavy atom. The summed E-state index contributed by atoms with van der Waals surface area (Å²) < 4.78 is 6.74. The topological polar surface area (TPSA) is 9.23 Å². The van der Waals surface area contributed by atoms with Gasteiger partial charge in [-0.25, -0.2) is 0 Å². The fourth-order valence-corrected chi connectivity index (χ4v) is 2.98. The monoisotopic (exact) mass is 268 g/mol. The van der Waals surface area contributed by atoms with Gasteiger partial charge in [0.05, 0.1) is 5.60 Å². The molecule has 0 heterocycles. The highest BCUT2D eigenvalue weighted by molar-refractivity contribution is 14.1. The van der Waals surface area contributed by atoms with Crippen LogP contribution in [0.1, 0.15) is 32.6 Å². The van der Waals surface area contributed by atoms with Crippen molar-refractivity contribution < 1.29 is 4.74 Å². The predicted octanol–water partition coefficient (Wildman–Crippen LogP) is 3.02. The van der Waals surface area contributed by atoms with Gasteiger partial charge in [0.2, 0.25) is 0 Å². The van der Waals surface area contributed by atoms with E-state index in [0.29, 0.717) is 0 Å². The molecule has 2 heteroatoms. The first-order valence-corrected chi connectivity index (χ1v) is 5.86. The minimum Gasteiger partial charge on any atom is -0.377 e. The van der Waals surface area contributed by atoms with Gasteiger partial charge in [-0.05, 0) is 18.8 Å². The molecule has 0 spiro atoms. The Morgan fingerprint density at radius 1 is 1.64 bits per heavy atom. The van der Waals surface area contributed by atoms with E-state index in [-0.39, 0.29) is 5.60 Å². The fraction of sp³-hybridized carbons (Fsp3) is 1.00. The quantitative estimate of drug-likeness (QED) is 0.552. The summed E-state index contributed by atoms with van der Waals surface area (Å²) in [5.74, 6) is 0.860. The van der Waals surface area contributed by atoms with Crippen LogP contribution in [0.4, 0.5) is 0 Å². The number of methoxy groups -OCH3 is 1.